The third-order valence-corrected chi connectivity index (χ3v) is 2.39. The second-order valence-electron chi connectivity index (χ2n) is 3.82. The summed E-state index contributed by atoms with van der Waals surface area (Å²) in [4.78, 5) is 0. The maximum Gasteiger partial charge on any atom is 0.389 e. The van der Waals surface area contributed by atoms with Gasteiger partial charge in [0, 0.05) is 13.0 Å². The molecular formula is C12H16F3N. The molecule has 0 saturated heterocycles. The molecular weight excluding hydrogens is 215 g/mol. The summed E-state index contributed by atoms with van der Waals surface area (Å²) in [5.74, 6) is 0. The smallest absolute Gasteiger partial charge is 0.313 e. The SMILES string of the molecule is Cc1ccccc1CNCCCC(F)(F)F. The van der Waals surface area contributed by atoms with E-state index in [-0.39, 0.29) is 6.42 Å². The second kappa shape index (κ2) is 5.89. The van der Waals surface area contributed by atoms with Gasteiger partial charge in [0.15, 0.2) is 0 Å². The van der Waals surface area contributed by atoms with Crippen molar-refractivity contribution in [3.8, 4) is 0 Å². The van der Waals surface area contributed by atoms with Crippen LogP contribution in [0.5, 0.6) is 0 Å². The molecule has 1 aromatic rings. The molecule has 0 bridgehead atoms. The largest absolute Gasteiger partial charge is 0.389 e. The van der Waals surface area contributed by atoms with E-state index in [1.165, 1.54) is 0 Å². The standard InChI is InChI=1S/C12H16F3N/c1-10-5-2-3-6-11(10)9-16-8-4-7-12(13,14)15/h2-3,5-6,16H,4,7-9H2,1H3. The molecule has 1 nitrogen and oxygen atoms in total. The van der Waals surface area contributed by atoms with E-state index >= 15 is 0 Å². The molecule has 1 rings (SSSR count). The minimum absolute atomic E-state index is 0.134. The van der Waals surface area contributed by atoms with Gasteiger partial charge in [-0.05, 0) is 31.0 Å². The van der Waals surface area contributed by atoms with Gasteiger partial charge in [-0.3, -0.25) is 0 Å². The fourth-order valence-corrected chi connectivity index (χ4v) is 1.45. The maximum atomic E-state index is 11.8. The zero-order valence-corrected chi connectivity index (χ0v) is 9.27. The van der Waals surface area contributed by atoms with Crippen LogP contribution < -0.4 is 5.32 Å². The Balaban J connectivity index is 2.19. The Morgan fingerprint density at radius 1 is 1.19 bits per heavy atom. The van der Waals surface area contributed by atoms with Crippen molar-refractivity contribution in [3.63, 3.8) is 0 Å². The first-order valence-corrected chi connectivity index (χ1v) is 5.31. The van der Waals surface area contributed by atoms with E-state index in [0.717, 1.165) is 11.1 Å². The van der Waals surface area contributed by atoms with Gasteiger partial charge in [-0.25, -0.2) is 0 Å². The van der Waals surface area contributed by atoms with Gasteiger partial charge in [0.05, 0.1) is 0 Å². The van der Waals surface area contributed by atoms with E-state index in [1.54, 1.807) is 0 Å². The molecule has 0 atom stereocenters. The van der Waals surface area contributed by atoms with Crippen LogP contribution >= 0.6 is 0 Å². The van der Waals surface area contributed by atoms with Crippen LogP contribution in [0.4, 0.5) is 13.2 Å². The van der Waals surface area contributed by atoms with Crippen LogP contribution in [0.1, 0.15) is 24.0 Å². The zero-order valence-electron chi connectivity index (χ0n) is 9.27. The third kappa shape index (κ3) is 5.16. The molecule has 90 valence electrons. The van der Waals surface area contributed by atoms with Crippen molar-refractivity contribution in [2.75, 3.05) is 6.54 Å². The van der Waals surface area contributed by atoms with Crippen molar-refractivity contribution in [3.05, 3.63) is 35.4 Å². The summed E-state index contributed by atoms with van der Waals surface area (Å²) in [6, 6.07) is 7.85. The Labute approximate surface area is 93.7 Å². The van der Waals surface area contributed by atoms with Gasteiger partial charge in [0.1, 0.15) is 0 Å². The summed E-state index contributed by atoms with van der Waals surface area (Å²) in [7, 11) is 0. The molecule has 0 spiro atoms. The van der Waals surface area contributed by atoms with Gasteiger partial charge in [0.25, 0.3) is 0 Å². The van der Waals surface area contributed by atoms with E-state index in [0.29, 0.717) is 13.1 Å². The van der Waals surface area contributed by atoms with Gasteiger partial charge in [0.2, 0.25) is 0 Å². The second-order valence-corrected chi connectivity index (χ2v) is 3.82. The molecule has 1 N–H and O–H groups in total. The minimum atomic E-state index is -4.04. The normalized spacial score (nSPS) is 11.8. The summed E-state index contributed by atoms with van der Waals surface area (Å²) < 4.78 is 35.5. The Morgan fingerprint density at radius 2 is 1.88 bits per heavy atom. The highest BCUT2D eigenvalue weighted by molar-refractivity contribution is 5.25. The summed E-state index contributed by atoms with van der Waals surface area (Å²) >= 11 is 0. The highest BCUT2D eigenvalue weighted by atomic mass is 19.4. The van der Waals surface area contributed by atoms with Crippen molar-refractivity contribution in [2.24, 2.45) is 0 Å². The lowest BCUT2D eigenvalue weighted by Gasteiger charge is -2.08. The van der Waals surface area contributed by atoms with Crippen LogP contribution in [0.2, 0.25) is 0 Å². The minimum Gasteiger partial charge on any atom is -0.313 e. The number of aryl methyl sites for hydroxylation is 1. The summed E-state index contributed by atoms with van der Waals surface area (Å²) in [5, 5.41) is 3.02. The molecule has 0 amide bonds. The average Bonchev–Trinajstić information content (AvgIpc) is 2.18. The van der Waals surface area contributed by atoms with Crippen LogP contribution in [0.3, 0.4) is 0 Å². The van der Waals surface area contributed by atoms with Crippen LogP contribution in [0.15, 0.2) is 24.3 Å². The van der Waals surface area contributed by atoms with Gasteiger partial charge in [-0.1, -0.05) is 24.3 Å². The number of hydrogen-bond acceptors (Lipinski definition) is 1. The summed E-state index contributed by atoms with van der Waals surface area (Å²) in [6.45, 7) is 3.02. The molecule has 16 heavy (non-hydrogen) atoms. The monoisotopic (exact) mass is 231 g/mol. The number of rotatable bonds is 5. The molecule has 0 fully saturated rings. The van der Waals surface area contributed by atoms with Gasteiger partial charge >= 0.3 is 6.18 Å². The Kier molecular flexibility index (Phi) is 4.80. The number of benzene rings is 1. The van der Waals surface area contributed by atoms with Gasteiger partial charge in [-0.2, -0.15) is 13.2 Å². The zero-order chi connectivity index (χ0) is 12.0. The molecule has 0 radical (unpaired) electrons. The quantitative estimate of drug-likeness (QED) is 0.765. The summed E-state index contributed by atoms with van der Waals surface area (Å²) in [5.41, 5.74) is 2.29. The first kappa shape index (κ1) is 13.0. The predicted molar refractivity (Wildman–Crippen MR) is 58.2 cm³/mol. The Bertz CT molecular complexity index is 320. The number of halogens is 3. The lowest BCUT2D eigenvalue weighted by atomic mass is 10.1. The van der Waals surface area contributed by atoms with Crippen LogP contribution in [-0.4, -0.2) is 12.7 Å². The lowest BCUT2D eigenvalue weighted by molar-refractivity contribution is -0.135. The van der Waals surface area contributed by atoms with Gasteiger partial charge in [-0.15, -0.1) is 0 Å². The summed E-state index contributed by atoms with van der Waals surface area (Å²) in [6.07, 6.45) is -4.62. The van der Waals surface area contributed by atoms with Crippen molar-refractivity contribution in [1.29, 1.82) is 0 Å². The predicted octanol–water partition coefficient (Wildman–Crippen LogP) is 3.43. The van der Waals surface area contributed by atoms with Crippen molar-refractivity contribution >= 4 is 0 Å². The Hall–Kier alpha value is -1.03. The van der Waals surface area contributed by atoms with Crippen molar-refractivity contribution in [1.82, 2.24) is 5.32 Å². The van der Waals surface area contributed by atoms with E-state index in [1.807, 2.05) is 31.2 Å². The fourth-order valence-electron chi connectivity index (χ4n) is 1.45. The highest BCUT2D eigenvalue weighted by Gasteiger charge is 2.25. The fraction of sp³-hybridized carbons (Fsp3) is 0.500. The molecule has 0 aromatic heterocycles. The number of alkyl halides is 3. The van der Waals surface area contributed by atoms with Gasteiger partial charge < -0.3 is 5.32 Å². The van der Waals surface area contributed by atoms with Crippen LogP contribution in [-0.2, 0) is 6.54 Å². The average molecular weight is 231 g/mol. The van der Waals surface area contributed by atoms with Crippen LogP contribution in [0.25, 0.3) is 0 Å². The molecule has 0 unspecified atom stereocenters. The van der Waals surface area contributed by atoms with Crippen LogP contribution in [0, 0.1) is 6.92 Å². The first-order valence-electron chi connectivity index (χ1n) is 5.31. The van der Waals surface area contributed by atoms with Crippen molar-refractivity contribution in [2.45, 2.75) is 32.5 Å². The molecule has 0 heterocycles. The van der Waals surface area contributed by atoms with Crippen molar-refractivity contribution < 1.29 is 13.2 Å². The number of hydrogen-bond donors (Lipinski definition) is 1. The maximum absolute atomic E-state index is 11.8. The molecule has 0 aliphatic heterocycles. The number of nitrogens with one attached hydrogen (secondary N) is 1. The topological polar surface area (TPSA) is 12.0 Å². The third-order valence-electron chi connectivity index (χ3n) is 2.39. The van der Waals surface area contributed by atoms with E-state index in [2.05, 4.69) is 5.32 Å². The molecule has 0 aliphatic rings. The highest BCUT2D eigenvalue weighted by Crippen LogP contribution is 2.20. The lowest BCUT2D eigenvalue weighted by Crippen LogP contribution is -2.18. The molecule has 1 aromatic carbocycles. The van der Waals surface area contributed by atoms with E-state index in [4.69, 9.17) is 0 Å². The van der Waals surface area contributed by atoms with E-state index in [9.17, 15) is 13.2 Å². The molecule has 0 saturated carbocycles. The molecule has 4 heteroatoms. The molecule has 0 aliphatic carbocycles. The van der Waals surface area contributed by atoms with E-state index < -0.39 is 12.6 Å². The Morgan fingerprint density at radius 3 is 2.50 bits per heavy atom. The first-order chi connectivity index (χ1) is 7.49.